The number of aliphatic hydroxyl groups is 1. The molecule has 0 unspecified atom stereocenters. The van der Waals surface area contributed by atoms with Crippen LogP contribution in [0.2, 0.25) is 0 Å². The van der Waals surface area contributed by atoms with Gasteiger partial charge in [-0.25, -0.2) is 4.79 Å². The van der Waals surface area contributed by atoms with Crippen LogP contribution in [-0.2, 0) is 16.8 Å². The molecule has 0 saturated carbocycles. The van der Waals surface area contributed by atoms with Crippen LogP contribution in [0.15, 0.2) is 127 Å². The number of rotatable bonds is 7. The Hall–Kier alpha value is -4.87. The quantitative estimate of drug-likeness (QED) is 0.140. The summed E-state index contributed by atoms with van der Waals surface area (Å²) in [6.07, 6.45) is -0.752. The molecule has 5 aromatic carbocycles. The molecule has 0 spiro atoms. The van der Waals surface area contributed by atoms with E-state index < -0.39 is 11.6 Å². The highest BCUT2D eigenvalue weighted by Crippen LogP contribution is 2.56. The zero-order valence-corrected chi connectivity index (χ0v) is 21.1. The minimum Gasteiger partial charge on any atom is -0.468 e. The molecule has 0 amide bonds. The molecule has 5 nitrogen and oxygen atoms in total. The summed E-state index contributed by atoms with van der Waals surface area (Å²) < 4.78 is 16.1. The fourth-order valence-corrected chi connectivity index (χ4v) is 5.51. The first kappa shape index (κ1) is 24.5. The topological polar surface area (TPSA) is 65.0 Å². The Morgan fingerprint density at radius 1 is 0.615 bits per heavy atom. The van der Waals surface area contributed by atoms with Crippen LogP contribution in [-0.4, -0.2) is 18.1 Å². The fourth-order valence-electron chi connectivity index (χ4n) is 5.51. The van der Waals surface area contributed by atoms with Crippen molar-refractivity contribution in [1.82, 2.24) is 0 Å². The van der Waals surface area contributed by atoms with E-state index in [-0.39, 0.29) is 13.4 Å². The molecule has 0 fully saturated rings. The zero-order chi connectivity index (χ0) is 26.7. The van der Waals surface area contributed by atoms with Crippen molar-refractivity contribution in [3.05, 3.63) is 155 Å². The summed E-state index contributed by atoms with van der Waals surface area (Å²) in [6, 6.07) is 41.8. The van der Waals surface area contributed by atoms with E-state index in [1.54, 1.807) is 12.1 Å². The lowest BCUT2D eigenvalue weighted by atomic mass is 9.68. The monoisotopic (exact) mass is 514 g/mol. The van der Waals surface area contributed by atoms with Crippen molar-refractivity contribution in [1.29, 1.82) is 0 Å². The molecule has 39 heavy (non-hydrogen) atoms. The van der Waals surface area contributed by atoms with Gasteiger partial charge in [0, 0.05) is 0 Å². The minimum atomic E-state index is -0.752. The third-order valence-corrected chi connectivity index (χ3v) is 7.16. The van der Waals surface area contributed by atoms with Crippen molar-refractivity contribution in [2.45, 2.75) is 12.0 Å². The minimum absolute atomic E-state index is 0.143. The number of carbonyl (C=O) groups is 1. The highest BCUT2D eigenvalue weighted by molar-refractivity contribution is 5.86. The summed E-state index contributed by atoms with van der Waals surface area (Å²) in [5, 5.41) is 9.20. The number of aliphatic hydroxyl groups excluding tert-OH is 1. The van der Waals surface area contributed by atoms with Gasteiger partial charge in [0.25, 0.3) is 0 Å². The normalized spacial score (nSPS) is 12.7. The second kappa shape index (κ2) is 10.5. The molecule has 1 aliphatic carbocycles. The molecule has 5 aromatic rings. The van der Waals surface area contributed by atoms with Crippen LogP contribution in [0.3, 0.4) is 0 Å². The maximum Gasteiger partial charge on any atom is 0.514 e. The summed E-state index contributed by atoms with van der Waals surface area (Å²) in [7, 11) is 0. The largest absolute Gasteiger partial charge is 0.514 e. The molecule has 1 aliphatic rings. The van der Waals surface area contributed by atoms with Crippen LogP contribution >= 0.6 is 0 Å². The van der Waals surface area contributed by atoms with Crippen LogP contribution in [0.4, 0.5) is 4.79 Å². The van der Waals surface area contributed by atoms with Crippen molar-refractivity contribution in [3.63, 3.8) is 0 Å². The van der Waals surface area contributed by atoms with Gasteiger partial charge in [-0.2, -0.15) is 0 Å². The zero-order valence-electron chi connectivity index (χ0n) is 21.1. The van der Waals surface area contributed by atoms with E-state index in [4.69, 9.17) is 14.2 Å². The summed E-state index contributed by atoms with van der Waals surface area (Å²) in [6.45, 7) is -0.240. The van der Waals surface area contributed by atoms with E-state index in [1.807, 2.05) is 66.7 Å². The molecule has 1 N–H and O–H groups in total. The van der Waals surface area contributed by atoms with Crippen molar-refractivity contribution in [2.24, 2.45) is 0 Å². The molecule has 6 rings (SSSR count). The van der Waals surface area contributed by atoms with Gasteiger partial charge < -0.3 is 19.3 Å². The van der Waals surface area contributed by atoms with E-state index in [1.165, 1.54) is 11.1 Å². The third-order valence-electron chi connectivity index (χ3n) is 7.16. The maximum absolute atomic E-state index is 12.3. The van der Waals surface area contributed by atoms with E-state index in [0.717, 1.165) is 27.8 Å². The number of carbonyl (C=O) groups excluding carboxylic acids is 1. The summed E-state index contributed by atoms with van der Waals surface area (Å²) in [4.78, 5) is 12.3. The van der Waals surface area contributed by atoms with Crippen LogP contribution in [0.5, 0.6) is 11.5 Å². The molecule has 192 valence electrons. The molecule has 0 heterocycles. The molecule has 0 saturated heterocycles. The van der Waals surface area contributed by atoms with E-state index >= 15 is 0 Å². The van der Waals surface area contributed by atoms with Gasteiger partial charge >= 0.3 is 6.16 Å². The standard InChI is InChI=1S/C34H26O5/c35-23-38-27-18-14-25(15-19-27)34(31-12-6-4-10-29(31)30-11-5-7-13-32(30)34)26-16-20-28(21-17-26)39-33(36)37-22-24-8-2-1-3-9-24/h1-21,35H,22-23H2. The Morgan fingerprint density at radius 3 is 1.69 bits per heavy atom. The Labute approximate surface area is 226 Å². The first-order valence-electron chi connectivity index (χ1n) is 12.7. The number of ether oxygens (including phenoxy) is 3. The average Bonchev–Trinajstić information content (AvgIpc) is 3.29. The first-order valence-corrected chi connectivity index (χ1v) is 12.7. The first-order chi connectivity index (χ1) is 19.2. The second-order valence-electron chi connectivity index (χ2n) is 9.29. The molecule has 5 heteroatoms. The van der Waals surface area contributed by atoms with Gasteiger partial charge in [-0.1, -0.05) is 103 Å². The van der Waals surface area contributed by atoms with Crippen LogP contribution < -0.4 is 9.47 Å². The van der Waals surface area contributed by atoms with Crippen LogP contribution in [0.25, 0.3) is 11.1 Å². The summed E-state index contributed by atoms with van der Waals surface area (Å²) in [5.41, 5.74) is 7.05. The number of hydrogen-bond acceptors (Lipinski definition) is 5. The Kier molecular flexibility index (Phi) is 6.57. The highest BCUT2D eigenvalue weighted by atomic mass is 16.7. The Morgan fingerprint density at radius 2 is 1.13 bits per heavy atom. The molecular formula is C34H26O5. The number of fused-ring (bicyclic) bond motifs is 3. The smallest absolute Gasteiger partial charge is 0.468 e. The average molecular weight is 515 g/mol. The molecule has 0 atom stereocenters. The Bertz CT molecular complexity index is 1550. The van der Waals surface area contributed by atoms with Gasteiger partial charge in [-0.05, 0) is 63.2 Å². The molecule has 0 bridgehead atoms. The van der Waals surface area contributed by atoms with Crippen molar-refractivity contribution in [3.8, 4) is 22.6 Å². The number of hydrogen-bond donors (Lipinski definition) is 1. The van der Waals surface area contributed by atoms with Crippen molar-refractivity contribution >= 4 is 6.16 Å². The molecule has 0 aromatic heterocycles. The van der Waals surface area contributed by atoms with Gasteiger partial charge in [0.1, 0.15) is 18.1 Å². The summed E-state index contributed by atoms with van der Waals surface area (Å²) in [5.74, 6) is 0.993. The van der Waals surface area contributed by atoms with Crippen molar-refractivity contribution in [2.75, 3.05) is 6.79 Å². The van der Waals surface area contributed by atoms with Gasteiger partial charge in [0.05, 0.1) is 5.41 Å². The Balaban J connectivity index is 1.38. The lowest BCUT2D eigenvalue weighted by molar-refractivity contribution is 0.0927. The lowest BCUT2D eigenvalue weighted by Gasteiger charge is -2.34. The van der Waals surface area contributed by atoms with Crippen molar-refractivity contribution < 1.29 is 24.1 Å². The van der Waals surface area contributed by atoms with Crippen LogP contribution in [0, 0.1) is 0 Å². The number of benzene rings is 5. The van der Waals surface area contributed by atoms with E-state index in [9.17, 15) is 9.90 Å². The predicted molar refractivity (Wildman–Crippen MR) is 149 cm³/mol. The third kappa shape index (κ3) is 4.43. The van der Waals surface area contributed by atoms with Gasteiger partial charge in [-0.3, -0.25) is 0 Å². The van der Waals surface area contributed by atoms with E-state index in [2.05, 4.69) is 48.5 Å². The van der Waals surface area contributed by atoms with Gasteiger partial charge in [0.15, 0.2) is 6.79 Å². The maximum atomic E-state index is 12.3. The lowest BCUT2D eigenvalue weighted by Crippen LogP contribution is -2.28. The van der Waals surface area contributed by atoms with Gasteiger partial charge in [-0.15, -0.1) is 0 Å². The SMILES string of the molecule is O=C(OCc1ccccc1)Oc1ccc(C2(c3ccc(OCO)cc3)c3ccccc3-c3ccccc32)cc1. The van der Waals surface area contributed by atoms with Crippen LogP contribution in [0.1, 0.15) is 27.8 Å². The summed E-state index contributed by atoms with van der Waals surface area (Å²) >= 11 is 0. The predicted octanol–water partition coefficient (Wildman–Crippen LogP) is 7.09. The fraction of sp³-hybridized carbons (Fsp3) is 0.0882. The highest BCUT2D eigenvalue weighted by Gasteiger charge is 2.45. The molecular weight excluding hydrogens is 488 g/mol. The van der Waals surface area contributed by atoms with Gasteiger partial charge in [0.2, 0.25) is 0 Å². The molecule has 0 radical (unpaired) electrons. The second-order valence-corrected chi connectivity index (χ2v) is 9.29. The molecule has 0 aliphatic heterocycles. The van der Waals surface area contributed by atoms with E-state index in [0.29, 0.717) is 11.5 Å².